The highest BCUT2D eigenvalue weighted by Crippen LogP contribution is 2.23. The van der Waals surface area contributed by atoms with Crippen molar-refractivity contribution in [2.45, 2.75) is 32.7 Å². The molecule has 1 fully saturated rings. The van der Waals surface area contributed by atoms with Gasteiger partial charge in [-0.05, 0) is 62.1 Å². The van der Waals surface area contributed by atoms with Gasteiger partial charge in [0.2, 0.25) is 5.95 Å². The van der Waals surface area contributed by atoms with E-state index in [1.807, 2.05) is 18.3 Å². The van der Waals surface area contributed by atoms with Crippen LogP contribution in [0.1, 0.15) is 31.7 Å². The lowest BCUT2D eigenvalue weighted by Crippen LogP contribution is -2.29. The molecule has 0 radical (unpaired) electrons. The number of nitrogens with zero attached hydrogens (tertiary/aromatic N) is 4. The number of aromatic nitrogens is 2. The second-order valence-electron chi connectivity index (χ2n) is 7.46. The lowest BCUT2D eigenvalue weighted by Gasteiger charge is -2.28. The van der Waals surface area contributed by atoms with Crippen LogP contribution in [0.5, 0.6) is 0 Å². The molecule has 0 bridgehead atoms. The predicted octanol–water partition coefficient (Wildman–Crippen LogP) is 5.24. The molecule has 3 aromatic rings. The Labute approximate surface area is 173 Å². The van der Waals surface area contributed by atoms with Crippen LogP contribution in [-0.4, -0.2) is 29.6 Å². The number of hydrogen-bond donors (Lipinski definition) is 1. The van der Waals surface area contributed by atoms with E-state index in [1.54, 1.807) is 0 Å². The van der Waals surface area contributed by atoms with Crippen molar-refractivity contribution in [2.75, 3.05) is 34.8 Å². The fraction of sp³-hybridized carbons (Fsp3) is 0.333. The van der Waals surface area contributed by atoms with E-state index in [2.05, 4.69) is 75.6 Å². The molecule has 5 nitrogen and oxygen atoms in total. The molecule has 4 rings (SSSR count). The van der Waals surface area contributed by atoms with Gasteiger partial charge in [-0.25, -0.2) is 4.98 Å². The van der Waals surface area contributed by atoms with Gasteiger partial charge < -0.3 is 15.1 Å². The minimum atomic E-state index is 0.625. The summed E-state index contributed by atoms with van der Waals surface area (Å²) in [6.45, 7) is 6.18. The largest absolute Gasteiger partial charge is 0.372 e. The number of piperidine rings is 1. The summed E-state index contributed by atoms with van der Waals surface area (Å²) in [6, 6.07) is 21.0. The molecule has 1 N–H and O–H groups in total. The molecule has 0 saturated carbocycles. The van der Waals surface area contributed by atoms with Crippen molar-refractivity contribution in [3.63, 3.8) is 0 Å². The van der Waals surface area contributed by atoms with Crippen LogP contribution in [0, 0.1) is 0 Å². The summed E-state index contributed by atoms with van der Waals surface area (Å²) in [6.07, 6.45) is 5.75. The van der Waals surface area contributed by atoms with Crippen molar-refractivity contribution < 1.29 is 0 Å². The second-order valence-corrected chi connectivity index (χ2v) is 7.46. The zero-order chi connectivity index (χ0) is 19.9. The standard InChI is InChI=1S/C24H29N5/c1-2-28(19-20-9-5-3-6-10-20)23-15-16-25-24(27-23)26-21-11-13-22(14-12-21)29-17-7-4-8-18-29/h3,5-6,9-16H,2,4,7-8,17-19H2,1H3,(H,25,26,27). The van der Waals surface area contributed by atoms with Crippen molar-refractivity contribution in [1.82, 2.24) is 9.97 Å². The van der Waals surface area contributed by atoms with Crippen LogP contribution in [0.2, 0.25) is 0 Å². The summed E-state index contributed by atoms with van der Waals surface area (Å²) in [5.74, 6) is 1.55. The molecule has 0 spiro atoms. The van der Waals surface area contributed by atoms with Crippen LogP contribution in [0.4, 0.5) is 23.1 Å². The molecular weight excluding hydrogens is 358 g/mol. The Morgan fingerprint density at radius 1 is 0.931 bits per heavy atom. The van der Waals surface area contributed by atoms with Crippen LogP contribution < -0.4 is 15.1 Å². The fourth-order valence-electron chi connectivity index (χ4n) is 3.78. The minimum absolute atomic E-state index is 0.625. The van der Waals surface area contributed by atoms with Crippen LogP contribution >= 0.6 is 0 Å². The molecule has 1 aliphatic rings. The number of nitrogens with one attached hydrogen (secondary N) is 1. The molecule has 2 aromatic carbocycles. The van der Waals surface area contributed by atoms with Gasteiger partial charge in [-0.15, -0.1) is 0 Å². The summed E-state index contributed by atoms with van der Waals surface area (Å²) in [7, 11) is 0. The molecule has 0 unspecified atom stereocenters. The Morgan fingerprint density at radius 3 is 2.41 bits per heavy atom. The predicted molar refractivity (Wildman–Crippen MR) is 121 cm³/mol. The van der Waals surface area contributed by atoms with Gasteiger partial charge in [0.1, 0.15) is 5.82 Å². The molecule has 1 aliphatic heterocycles. The number of anilines is 4. The summed E-state index contributed by atoms with van der Waals surface area (Å²) >= 11 is 0. The molecule has 5 heteroatoms. The van der Waals surface area contributed by atoms with Gasteiger partial charge in [0.05, 0.1) is 0 Å². The Balaban J connectivity index is 1.44. The first-order valence-corrected chi connectivity index (χ1v) is 10.6. The van der Waals surface area contributed by atoms with Crippen molar-refractivity contribution in [3.05, 3.63) is 72.4 Å². The minimum Gasteiger partial charge on any atom is -0.372 e. The van der Waals surface area contributed by atoms with Crippen LogP contribution in [-0.2, 0) is 6.54 Å². The van der Waals surface area contributed by atoms with E-state index in [9.17, 15) is 0 Å². The van der Waals surface area contributed by atoms with Gasteiger partial charge in [-0.2, -0.15) is 4.98 Å². The summed E-state index contributed by atoms with van der Waals surface area (Å²) < 4.78 is 0. The maximum Gasteiger partial charge on any atom is 0.229 e. The summed E-state index contributed by atoms with van der Waals surface area (Å²) in [5, 5.41) is 3.35. The van der Waals surface area contributed by atoms with Gasteiger partial charge in [0.15, 0.2) is 0 Å². The van der Waals surface area contributed by atoms with Crippen molar-refractivity contribution in [3.8, 4) is 0 Å². The van der Waals surface area contributed by atoms with Gasteiger partial charge >= 0.3 is 0 Å². The smallest absolute Gasteiger partial charge is 0.229 e. The fourth-order valence-corrected chi connectivity index (χ4v) is 3.78. The lowest BCUT2D eigenvalue weighted by atomic mass is 10.1. The molecule has 150 valence electrons. The highest BCUT2D eigenvalue weighted by molar-refractivity contribution is 5.60. The first-order valence-electron chi connectivity index (χ1n) is 10.6. The molecule has 0 aliphatic carbocycles. The highest BCUT2D eigenvalue weighted by Gasteiger charge is 2.11. The van der Waals surface area contributed by atoms with Gasteiger partial charge in [-0.1, -0.05) is 30.3 Å². The first-order chi connectivity index (χ1) is 14.3. The highest BCUT2D eigenvalue weighted by atomic mass is 15.2. The van der Waals surface area contributed by atoms with Crippen LogP contribution in [0.3, 0.4) is 0 Å². The van der Waals surface area contributed by atoms with E-state index in [4.69, 9.17) is 4.98 Å². The maximum atomic E-state index is 4.74. The number of rotatable bonds is 7. The Kier molecular flexibility index (Phi) is 6.25. The Bertz CT molecular complexity index is 889. The normalized spacial score (nSPS) is 13.9. The van der Waals surface area contributed by atoms with E-state index >= 15 is 0 Å². The van der Waals surface area contributed by atoms with Crippen molar-refractivity contribution >= 4 is 23.1 Å². The zero-order valence-corrected chi connectivity index (χ0v) is 17.1. The Morgan fingerprint density at radius 2 is 1.69 bits per heavy atom. The van der Waals surface area contributed by atoms with Crippen molar-refractivity contribution in [1.29, 1.82) is 0 Å². The average Bonchev–Trinajstić information content (AvgIpc) is 2.79. The quantitative estimate of drug-likeness (QED) is 0.601. The molecule has 1 saturated heterocycles. The van der Waals surface area contributed by atoms with Gasteiger partial charge in [0.25, 0.3) is 0 Å². The van der Waals surface area contributed by atoms with E-state index in [0.717, 1.165) is 37.7 Å². The van der Waals surface area contributed by atoms with E-state index in [1.165, 1.54) is 30.5 Å². The van der Waals surface area contributed by atoms with E-state index in [0.29, 0.717) is 5.95 Å². The van der Waals surface area contributed by atoms with Gasteiger partial charge in [0, 0.05) is 43.8 Å². The number of benzene rings is 2. The third-order valence-electron chi connectivity index (χ3n) is 5.41. The molecular formula is C24H29N5. The van der Waals surface area contributed by atoms with Crippen LogP contribution in [0.25, 0.3) is 0 Å². The summed E-state index contributed by atoms with van der Waals surface area (Å²) in [4.78, 5) is 13.9. The maximum absolute atomic E-state index is 4.74. The third-order valence-corrected chi connectivity index (χ3v) is 5.41. The molecule has 1 aromatic heterocycles. The molecule has 2 heterocycles. The zero-order valence-electron chi connectivity index (χ0n) is 17.1. The summed E-state index contributed by atoms with van der Waals surface area (Å²) in [5.41, 5.74) is 3.58. The van der Waals surface area contributed by atoms with Gasteiger partial charge in [-0.3, -0.25) is 0 Å². The molecule has 29 heavy (non-hydrogen) atoms. The average molecular weight is 388 g/mol. The molecule has 0 amide bonds. The number of hydrogen-bond acceptors (Lipinski definition) is 5. The van der Waals surface area contributed by atoms with E-state index < -0.39 is 0 Å². The van der Waals surface area contributed by atoms with Crippen LogP contribution in [0.15, 0.2) is 66.9 Å². The SMILES string of the molecule is CCN(Cc1ccccc1)c1ccnc(Nc2ccc(N3CCCCC3)cc2)n1. The molecule has 0 atom stereocenters. The first kappa shape index (κ1) is 19.2. The second kappa shape index (κ2) is 9.41. The monoisotopic (exact) mass is 387 g/mol. The topological polar surface area (TPSA) is 44.3 Å². The lowest BCUT2D eigenvalue weighted by molar-refractivity contribution is 0.578. The Hall–Kier alpha value is -3.08. The van der Waals surface area contributed by atoms with Crippen molar-refractivity contribution in [2.24, 2.45) is 0 Å². The third kappa shape index (κ3) is 5.05. The van der Waals surface area contributed by atoms with E-state index in [-0.39, 0.29) is 0 Å².